The molecule has 0 bridgehead atoms. The fraction of sp³-hybridized carbons (Fsp3) is 0.647. The van der Waals surface area contributed by atoms with E-state index in [4.69, 9.17) is 4.74 Å². The molecule has 0 spiro atoms. The lowest BCUT2D eigenvalue weighted by Gasteiger charge is -2.29. The molecule has 106 valence electrons. The van der Waals surface area contributed by atoms with E-state index in [9.17, 15) is 0 Å². The van der Waals surface area contributed by atoms with Crippen molar-refractivity contribution >= 4 is 0 Å². The maximum absolute atomic E-state index is 6.26. The second-order valence-electron chi connectivity index (χ2n) is 6.00. The van der Waals surface area contributed by atoms with E-state index in [2.05, 4.69) is 51.2 Å². The first-order valence-electron chi connectivity index (χ1n) is 7.49. The van der Waals surface area contributed by atoms with Crippen LogP contribution in [-0.4, -0.2) is 19.7 Å². The lowest BCUT2D eigenvalue weighted by atomic mass is 9.83. The molecule has 1 aromatic carbocycles. The quantitative estimate of drug-likeness (QED) is 0.894. The third kappa shape index (κ3) is 3.18. The molecule has 1 atom stereocenters. The summed E-state index contributed by atoms with van der Waals surface area (Å²) in [4.78, 5) is 0. The third-order valence-corrected chi connectivity index (χ3v) is 4.70. The molecule has 1 fully saturated rings. The molecule has 1 heterocycles. The molecule has 1 saturated heterocycles. The Kier molecular flexibility index (Phi) is 4.64. The van der Waals surface area contributed by atoms with Gasteiger partial charge in [0.05, 0.1) is 12.7 Å². The van der Waals surface area contributed by atoms with Gasteiger partial charge in [0.15, 0.2) is 0 Å². The maximum Gasteiger partial charge on any atom is 0.0952 e. The Balaban J connectivity index is 2.17. The van der Waals surface area contributed by atoms with E-state index < -0.39 is 0 Å². The van der Waals surface area contributed by atoms with Crippen LogP contribution in [0.3, 0.4) is 0 Å². The maximum atomic E-state index is 6.26. The van der Waals surface area contributed by atoms with Crippen LogP contribution in [0.25, 0.3) is 0 Å². The molecule has 0 radical (unpaired) electrons. The number of rotatable bonds is 3. The van der Waals surface area contributed by atoms with E-state index >= 15 is 0 Å². The van der Waals surface area contributed by atoms with Gasteiger partial charge in [-0.05, 0) is 37.8 Å². The van der Waals surface area contributed by atoms with Gasteiger partial charge in [0.2, 0.25) is 0 Å². The zero-order valence-electron chi connectivity index (χ0n) is 12.8. The van der Waals surface area contributed by atoms with Crippen molar-refractivity contribution in [3.8, 4) is 0 Å². The summed E-state index contributed by atoms with van der Waals surface area (Å²) in [6, 6.07) is 6.64. The highest BCUT2D eigenvalue weighted by Crippen LogP contribution is 2.32. The molecule has 0 aliphatic carbocycles. The Labute approximate surface area is 117 Å². The average molecular weight is 261 g/mol. The average Bonchev–Trinajstić information content (AvgIpc) is 2.64. The highest BCUT2D eigenvalue weighted by Gasteiger charge is 2.31. The van der Waals surface area contributed by atoms with Crippen LogP contribution in [0, 0.1) is 19.3 Å². The predicted molar refractivity (Wildman–Crippen MR) is 80.5 cm³/mol. The van der Waals surface area contributed by atoms with E-state index in [1.165, 1.54) is 29.5 Å². The number of hydrogen-bond donors (Lipinski definition) is 1. The van der Waals surface area contributed by atoms with Crippen LogP contribution in [0.4, 0.5) is 0 Å². The highest BCUT2D eigenvalue weighted by molar-refractivity contribution is 5.32. The largest absolute Gasteiger partial charge is 0.372 e. The normalized spacial score (nSPS) is 23.1. The number of hydrogen-bond acceptors (Lipinski definition) is 2. The molecule has 0 amide bonds. The standard InChI is InChI=1S/C17H27NO/c1-5-17(6-2)11-18-10-16(19-12-17)15-9-13(3)7-8-14(15)4/h7-9,16,18H,5-6,10-12H2,1-4H3. The summed E-state index contributed by atoms with van der Waals surface area (Å²) in [5.41, 5.74) is 4.30. The Morgan fingerprint density at radius 2 is 2.00 bits per heavy atom. The molecule has 0 aromatic heterocycles. The van der Waals surface area contributed by atoms with Crippen molar-refractivity contribution in [2.24, 2.45) is 5.41 Å². The molecule has 1 unspecified atom stereocenters. The van der Waals surface area contributed by atoms with E-state index in [0.29, 0.717) is 5.41 Å². The number of aryl methyl sites for hydroxylation is 2. The molecule has 1 aromatic rings. The number of nitrogens with one attached hydrogen (secondary N) is 1. The third-order valence-electron chi connectivity index (χ3n) is 4.70. The van der Waals surface area contributed by atoms with Crippen molar-refractivity contribution in [2.45, 2.75) is 46.6 Å². The zero-order valence-corrected chi connectivity index (χ0v) is 12.8. The van der Waals surface area contributed by atoms with E-state index in [1.807, 2.05) is 0 Å². The monoisotopic (exact) mass is 261 g/mol. The number of benzene rings is 1. The van der Waals surface area contributed by atoms with Crippen molar-refractivity contribution < 1.29 is 4.74 Å². The lowest BCUT2D eigenvalue weighted by Crippen LogP contribution is -2.34. The van der Waals surface area contributed by atoms with Gasteiger partial charge in [-0.3, -0.25) is 0 Å². The summed E-state index contributed by atoms with van der Waals surface area (Å²) >= 11 is 0. The zero-order chi connectivity index (χ0) is 13.9. The first-order valence-corrected chi connectivity index (χ1v) is 7.49. The van der Waals surface area contributed by atoms with Gasteiger partial charge in [-0.1, -0.05) is 37.6 Å². The first kappa shape index (κ1) is 14.5. The van der Waals surface area contributed by atoms with Crippen LogP contribution < -0.4 is 5.32 Å². The minimum atomic E-state index is 0.194. The summed E-state index contributed by atoms with van der Waals surface area (Å²) in [5.74, 6) is 0. The topological polar surface area (TPSA) is 21.3 Å². The van der Waals surface area contributed by atoms with Gasteiger partial charge in [-0.2, -0.15) is 0 Å². The molecule has 2 rings (SSSR count). The van der Waals surface area contributed by atoms with Crippen molar-refractivity contribution in [3.63, 3.8) is 0 Å². The summed E-state index contributed by atoms with van der Waals surface area (Å²) in [6.45, 7) is 11.7. The van der Waals surface area contributed by atoms with Crippen molar-refractivity contribution in [2.75, 3.05) is 19.7 Å². The molecule has 1 aliphatic rings. The second kappa shape index (κ2) is 6.06. The van der Waals surface area contributed by atoms with Crippen LogP contribution in [0.5, 0.6) is 0 Å². The van der Waals surface area contributed by atoms with Crippen LogP contribution in [0.1, 0.15) is 49.5 Å². The van der Waals surface area contributed by atoms with Gasteiger partial charge >= 0.3 is 0 Å². The van der Waals surface area contributed by atoms with Gasteiger partial charge in [-0.15, -0.1) is 0 Å². The van der Waals surface area contributed by atoms with E-state index in [-0.39, 0.29) is 6.10 Å². The minimum Gasteiger partial charge on any atom is -0.372 e. The Morgan fingerprint density at radius 1 is 1.26 bits per heavy atom. The van der Waals surface area contributed by atoms with Crippen LogP contribution >= 0.6 is 0 Å². The Bertz CT molecular complexity index is 423. The molecule has 1 N–H and O–H groups in total. The van der Waals surface area contributed by atoms with Gasteiger partial charge < -0.3 is 10.1 Å². The van der Waals surface area contributed by atoms with Gasteiger partial charge in [0.25, 0.3) is 0 Å². The van der Waals surface area contributed by atoms with Gasteiger partial charge in [-0.25, -0.2) is 0 Å². The van der Waals surface area contributed by atoms with Crippen LogP contribution in [0.15, 0.2) is 18.2 Å². The fourth-order valence-corrected chi connectivity index (χ4v) is 2.87. The summed E-state index contributed by atoms with van der Waals surface area (Å²) in [5, 5.41) is 3.61. The molecule has 0 saturated carbocycles. The van der Waals surface area contributed by atoms with Crippen molar-refractivity contribution in [1.29, 1.82) is 0 Å². The number of ether oxygens (including phenoxy) is 1. The Morgan fingerprint density at radius 3 is 2.68 bits per heavy atom. The van der Waals surface area contributed by atoms with E-state index in [0.717, 1.165) is 19.7 Å². The lowest BCUT2D eigenvalue weighted by molar-refractivity contribution is 0.00998. The molecule has 2 heteroatoms. The second-order valence-corrected chi connectivity index (χ2v) is 6.00. The van der Waals surface area contributed by atoms with Crippen LogP contribution in [-0.2, 0) is 4.74 Å². The smallest absolute Gasteiger partial charge is 0.0952 e. The molecular formula is C17H27NO. The molecule has 2 nitrogen and oxygen atoms in total. The van der Waals surface area contributed by atoms with Crippen LogP contribution in [0.2, 0.25) is 0 Å². The van der Waals surface area contributed by atoms with E-state index in [1.54, 1.807) is 0 Å². The predicted octanol–water partition coefficient (Wildman–Crippen LogP) is 3.77. The van der Waals surface area contributed by atoms with Crippen molar-refractivity contribution in [3.05, 3.63) is 34.9 Å². The fourth-order valence-electron chi connectivity index (χ4n) is 2.87. The highest BCUT2D eigenvalue weighted by atomic mass is 16.5. The Hall–Kier alpha value is -0.860. The summed E-state index contributed by atoms with van der Waals surface area (Å²) < 4.78 is 6.26. The molecular weight excluding hydrogens is 234 g/mol. The van der Waals surface area contributed by atoms with Gasteiger partial charge in [0.1, 0.15) is 0 Å². The molecule has 1 aliphatic heterocycles. The summed E-state index contributed by atoms with van der Waals surface area (Å²) in [6.07, 6.45) is 2.55. The van der Waals surface area contributed by atoms with Gasteiger partial charge in [0, 0.05) is 18.5 Å². The minimum absolute atomic E-state index is 0.194. The van der Waals surface area contributed by atoms with Crippen molar-refractivity contribution in [1.82, 2.24) is 5.32 Å². The SMILES string of the molecule is CCC1(CC)CNCC(c2cc(C)ccc2C)OC1. The molecule has 19 heavy (non-hydrogen) atoms. The first-order chi connectivity index (χ1) is 9.10. The summed E-state index contributed by atoms with van der Waals surface area (Å²) in [7, 11) is 0.